The van der Waals surface area contributed by atoms with E-state index < -0.39 is 23.7 Å². The summed E-state index contributed by atoms with van der Waals surface area (Å²) < 4.78 is 13.7. The first-order chi connectivity index (χ1) is 9.02. The van der Waals surface area contributed by atoms with Crippen LogP contribution in [0.5, 0.6) is 5.75 Å². The Morgan fingerprint density at radius 3 is 2.37 bits per heavy atom. The first-order valence-electron chi connectivity index (χ1n) is 5.27. The van der Waals surface area contributed by atoms with E-state index in [0.717, 1.165) is 0 Å². The zero-order chi connectivity index (χ0) is 14.3. The molecule has 1 aromatic carbocycles. The number of nitro groups is 1. The monoisotopic (exact) mass is 269 g/mol. The van der Waals surface area contributed by atoms with Gasteiger partial charge in [0.1, 0.15) is 5.75 Å². The summed E-state index contributed by atoms with van der Waals surface area (Å²) in [7, 11) is 0. The summed E-state index contributed by atoms with van der Waals surface area (Å²) in [5.41, 5.74) is -0.132. The van der Waals surface area contributed by atoms with Crippen LogP contribution in [-0.4, -0.2) is 30.3 Å². The van der Waals surface area contributed by atoms with Gasteiger partial charge in [-0.3, -0.25) is 10.1 Å². The van der Waals surface area contributed by atoms with Crippen LogP contribution in [0.1, 0.15) is 6.92 Å². The van der Waals surface area contributed by atoms with Crippen LogP contribution in [0.4, 0.5) is 10.5 Å². The van der Waals surface area contributed by atoms with E-state index in [1.807, 2.05) is 0 Å². The van der Waals surface area contributed by atoms with Crippen molar-refractivity contribution in [2.24, 2.45) is 0 Å². The minimum Gasteiger partial charge on any atom is -0.463 e. The van der Waals surface area contributed by atoms with Crippen molar-refractivity contribution >= 4 is 17.8 Å². The zero-order valence-corrected chi connectivity index (χ0v) is 10.0. The van der Waals surface area contributed by atoms with Crippen LogP contribution in [0.15, 0.2) is 24.3 Å². The fraction of sp³-hybridized carbons (Fsp3) is 0.273. The Kier molecular flexibility index (Phi) is 5.27. The van der Waals surface area contributed by atoms with Crippen LogP contribution in [0, 0.1) is 10.1 Å². The number of nitrogens with zero attached hydrogens (tertiary/aromatic N) is 1. The highest BCUT2D eigenvalue weighted by molar-refractivity contribution is 5.74. The number of carbonyl (C=O) groups excluding carboxylic acids is 2. The van der Waals surface area contributed by atoms with E-state index in [0.29, 0.717) is 0 Å². The van der Waals surface area contributed by atoms with Gasteiger partial charge in [-0.05, 0) is 19.1 Å². The molecular weight excluding hydrogens is 258 g/mol. The van der Waals surface area contributed by atoms with Crippen LogP contribution in [-0.2, 0) is 14.3 Å². The summed E-state index contributed by atoms with van der Waals surface area (Å²) in [6.45, 7) is 1.24. The largest absolute Gasteiger partial charge is 0.514 e. The molecule has 0 aliphatic rings. The first kappa shape index (κ1) is 14.4. The van der Waals surface area contributed by atoms with Crippen LogP contribution in [0.3, 0.4) is 0 Å². The molecule has 0 N–H and O–H groups in total. The molecule has 0 aliphatic heterocycles. The van der Waals surface area contributed by atoms with E-state index >= 15 is 0 Å². The molecule has 0 bridgehead atoms. The second kappa shape index (κ2) is 6.94. The van der Waals surface area contributed by atoms with Crippen molar-refractivity contribution in [2.45, 2.75) is 6.92 Å². The van der Waals surface area contributed by atoms with E-state index in [4.69, 9.17) is 0 Å². The molecule has 1 aromatic rings. The highest BCUT2D eigenvalue weighted by Gasteiger charge is 2.11. The molecule has 0 amide bonds. The Hall–Kier alpha value is -2.64. The van der Waals surface area contributed by atoms with E-state index in [1.165, 1.54) is 24.3 Å². The molecule has 19 heavy (non-hydrogen) atoms. The van der Waals surface area contributed by atoms with Crippen LogP contribution < -0.4 is 4.74 Å². The van der Waals surface area contributed by atoms with Gasteiger partial charge in [-0.1, -0.05) is 0 Å². The highest BCUT2D eigenvalue weighted by Crippen LogP contribution is 2.17. The number of non-ortho nitro benzene ring substituents is 1. The predicted octanol–water partition coefficient (Wildman–Crippen LogP) is 1.67. The Labute approximate surface area is 108 Å². The molecule has 0 radical (unpaired) electrons. The molecule has 0 saturated heterocycles. The number of carbonyl (C=O) groups is 2. The van der Waals surface area contributed by atoms with Crippen molar-refractivity contribution in [3.63, 3.8) is 0 Å². The normalized spacial score (nSPS) is 9.53. The second-order valence-corrected chi connectivity index (χ2v) is 3.20. The number of nitro benzene ring substituents is 1. The molecule has 0 aliphatic carbocycles. The molecule has 8 heteroatoms. The molecular formula is C11H11NO7. The lowest BCUT2D eigenvalue weighted by atomic mass is 10.3. The SMILES string of the molecule is CCOC(=O)COC(=O)Oc1ccc([N+](=O)[O-])cc1. The fourth-order valence-corrected chi connectivity index (χ4v) is 1.08. The summed E-state index contributed by atoms with van der Waals surface area (Å²) in [6, 6.07) is 4.83. The van der Waals surface area contributed by atoms with Gasteiger partial charge in [-0.2, -0.15) is 0 Å². The van der Waals surface area contributed by atoms with Gasteiger partial charge in [0.05, 0.1) is 11.5 Å². The van der Waals surface area contributed by atoms with E-state index in [9.17, 15) is 19.7 Å². The Balaban J connectivity index is 2.44. The third-order valence-corrected chi connectivity index (χ3v) is 1.86. The number of hydrogen-bond donors (Lipinski definition) is 0. The number of hydrogen-bond acceptors (Lipinski definition) is 7. The topological polar surface area (TPSA) is 105 Å². The van der Waals surface area contributed by atoms with Gasteiger partial charge in [-0.25, -0.2) is 9.59 Å². The lowest BCUT2D eigenvalue weighted by Gasteiger charge is -2.05. The average molecular weight is 269 g/mol. The van der Waals surface area contributed by atoms with Gasteiger partial charge < -0.3 is 14.2 Å². The van der Waals surface area contributed by atoms with Crippen molar-refractivity contribution in [1.29, 1.82) is 0 Å². The Morgan fingerprint density at radius 2 is 1.84 bits per heavy atom. The standard InChI is InChI=1S/C11H11NO7/c1-2-17-10(13)7-18-11(14)19-9-5-3-8(4-6-9)12(15)16/h3-6H,2,7H2,1H3. The van der Waals surface area contributed by atoms with Crippen molar-refractivity contribution in [1.82, 2.24) is 0 Å². The van der Waals surface area contributed by atoms with E-state index in [-0.39, 0.29) is 18.0 Å². The lowest BCUT2D eigenvalue weighted by Crippen LogP contribution is -2.18. The minimum absolute atomic E-state index is 0.0689. The molecule has 102 valence electrons. The van der Waals surface area contributed by atoms with Crippen molar-refractivity contribution in [2.75, 3.05) is 13.2 Å². The summed E-state index contributed by atoms with van der Waals surface area (Å²) in [6.07, 6.45) is -1.10. The maximum Gasteiger partial charge on any atom is 0.514 e. The van der Waals surface area contributed by atoms with Gasteiger partial charge in [0.25, 0.3) is 5.69 Å². The predicted molar refractivity (Wildman–Crippen MR) is 61.7 cm³/mol. The van der Waals surface area contributed by atoms with Gasteiger partial charge in [0, 0.05) is 12.1 Å². The van der Waals surface area contributed by atoms with Gasteiger partial charge >= 0.3 is 12.1 Å². The quantitative estimate of drug-likeness (QED) is 0.346. The highest BCUT2D eigenvalue weighted by atomic mass is 16.7. The van der Waals surface area contributed by atoms with Crippen molar-refractivity contribution in [3.8, 4) is 5.75 Å². The summed E-state index contributed by atoms with van der Waals surface area (Å²) >= 11 is 0. The van der Waals surface area contributed by atoms with Gasteiger partial charge in [0.2, 0.25) is 0 Å². The first-order valence-corrected chi connectivity index (χ1v) is 5.27. The summed E-state index contributed by atoms with van der Waals surface area (Å²) in [5.74, 6) is -0.623. The molecule has 0 aromatic heterocycles. The Morgan fingerprint density at radius 1 is 1.21 bits per heavy atom. The molecule has 0 fully saturated rings. The van der Waals surface area contributed by atoms with E-state index in [2.05, 4.69) is 14.2 Å². The molecule has 0 spiro atoms. The van der Waals surface area contributed by atoms with Crippen molar-refractivity contribution < 1.29 is 28.7 Å². The molecule has 8 nitrogen and oxygen atoms in total. The smallest absolute Gasteiger partial charge is 0.463 e. The number of esters is 1. The third-order valence-electron chi connectivity index (χ3n) is 1.86. The molecule has 0 atom stereocenters. The number of rotatable bonds is 5. The summed E-state index contributed by atoms with van der Waals surface area (Å²) in [4.78, 5) is 31.9. The number of ether oxygens (including phenoxy) is 3. The molecule has 0 saturated carbocycles. The number of benzene rings is 1. The maximum absolute atomic E-state index is 11.2. The third kappa shape index (κ3) is 5.02. The molecule has 0 heterocycles. The van der Waals surface area contributed by atoms with Crippen LogP contribution >= 0.6 is 0 Å². The summed E-state index contributed by atoms with van der Waals surface area (Å²) in [5, 5.41) is 10.4. The zero-order valence-electron chi connectivity index (χ0n) is 10.0. The van der Waals surface area contributed by atoms with Gasteiger partial charge in [0.15, 0.2) is 6.61 Å². The maximum atomic E-state index is 11.2. The van der Waals surface area contributed by atoms with Crippen LogP contribution in [0.2, 0.25) is 0 Å². The van der Waals surface area contributed by atoms with Crippen LogP contribution in [0.25, 0.3) is 0 Å². The second-order valence-electron chi connectivity index (χ2n) is 3.20. The van der Waals surface area contributed by atoms with Gasteiger partial charge in [-0.15, -0.1) is 0 Å². The van der Waals surface area contributed by atoms with E-state index in [1.54, 1.807) is 6.92 Å². The minimum atomic E-state index is -1.10. The van der Waals surface area contributed by atoms with Crippen molar-refractivity contribution in [3.05, 3.63) is 34.4 Å². The Bertz CT molecular complexity index is 468. The average Bonchev–Trinajstić information content (AvgIpc) is 2.37. The molecule has 1 rings (SSSR count). The fourth-order valence-electron chi connectivity index (χ4n) is 1.08. The molecule has 0 unspecified atom stereocenters. The lowest BCUT2D eigenvalue weighted by molar-refractivity contribution is -0.384.